The van der Waals surface area contributed by atoms with Crippen LogP contribution in [0.15, 0.2) is 41.8 Å². The van der Waals surface area contributed by atoms with E-state index in [4.69, 9.17) is 4.74 Å². The Hall–Kier alpha value is -1.98. The van der Waals surface area contributed by atoms with Gasteiger partial charge in [-0.1, -0.05) is 31.5 Å². The van der Waals surface area contributed by atoms with Gasteiger partial charge in [-0.05, 0) is 54.9 Å². The SMILES string of the molecule is CCC(CCc1ccc(C(=O)OC)cc1)CC(=O)C(NC)c1cccs1. The van der Waals surface area contributed by atoms with E-state index in [9.17, 15) is 9.59 Å². The molecule has 1 aromatic carbocycles. The van der Waals surface area contributed by atoms with Gasteiger partial charge in [0, 0.05) is 11.3 Å². The molecule has 0 bridgehead atoms. The molecule has 0 amide bonds. The van der Waals surface area contributed by atoms with E-state index in [1.54, 1.807) is 23.5 Å². The molecule has 0 spiro atoms. The summed E-state index contributed by atoms with van der Waals surface area (Å²) in [6.45, 7) is 2.14. The van der Waals surface area contributed by atoms with Crippen LogP contribution < -0.4 is 5.32 Å². The van der Waals surface area contributed by atoms with Crippen molar-refractivity contribution in [2.24, 2.45) is 5.92 Å². The molecule has 0 saturated carbocycles. The summed E-state index contributed by atoms with van der Waals surface area (Å²) in [5.74, 6) is 0.293. The van der Waals surface area contributed by atoms with E-state index in [1.165, 1.54) is 12.7 Å². The molecular weight excluding hydrogens is 346 g/mol. The highest BCUT2D eigenvalue weighted by Gasteiger charge is 2.22. The summed E-state index contributed by atoms with van der Waals surface area (Å²) >= 11 is 1.61. The van der Waals surface area contributed by atoms with Crippen LogP contribution in [0.2, 0.25) is 0 Å². The van der Waals surface area contributed by atoms with Crippen molar-refractivity contribution in [3.05, 3.63) is 57.8 Å². The molecule has 0 fully saturated rings. The van der Waals surface area contributed by atoms with Gasteiger partial charge in [-0.3, -0.25) is 4.79 Å². The van der Waals surface area contributed by atoms with E-state index in [2.05, 4.69) is 12.2 Å². The first-order chi connectivity index (χ1) is 12.6. The van der Waals surface area contributed by atoms with Crippen LogP contribution in [0.4, 0.5) is 0 Å². The molecule has 4 nitrogen and oxygen atoms in total. The predicted molar refractivity (Wildman–Crippen MR) is 106 cm³/mol. The van der Waals surface area contributed by atoms with Gasteiger partial charge in [0.1, 0.15) is 6.04 Å². The Labute approximate surface area is 159 Å². The Balaban J connectivity index is 1.90. The molecule has 0 aliphatic carbocycles. The number of carbonyl (C=O) groups is 2. The number of nitrogens with one attached hydrogen (secondary N) is 1. The lowest BCUT2D eigenvalue weighted by atomic mass is 9.90. The third-order valence-electron chi connectivity index (χ3n) is 4.72. The second-order valence-electron chi connectivity index (χ2n) is 6.41. The van der Waals surface area contributed by atoms with Crippen molar-refractivity contribution in [3.8, 4) is 0 Å². The highest BCUT2D eigenvalue weighted by molar-refractivity contribution is 7.10. The molecule has 1 N–H and O–H groups in total. The maximum Gasteiger partial charge on any atom is 0.337 e. The number of esters is 1. The van der Waals surface area contributed by atoms with Gasteiger partial charge in [-0.2, -0.15) is 0 Å². The van der Waals surface area contributed by atoms with Crippen molar-refractivity contribution in [1.29, 1.82) is 0 Å². The Morgan fingerprint density at radius 2 is 1.92 bits per heavy atom. The van der Waals surface area contributed by atoms with Crippen LogP contribution in [0, 0.1) is 5.92 Å². The van der Waals surface area contributed by atoms with Crippen LogP contribution >= 0.6 is 11.3 Å². The zero-order valence-electron chi connectivity index (χ0n) is 15.7. The lowest BCUT2D eigenvalue weighted by Crippen LogP contribution is -2.26. The van der Waals surface area contributed by atoms with Crippen molar-refractivity contribution in [1.82, 2.24) is 5.32 Å². The van der Waals surface area contributed by atoms with E-state index >= 15 is 0 Å². The molecule has 0 radical (unpaired) electrons. The molecule has 2 rings (SSSR count). The summed E-state index contributed by atoms with van der Waals surface area (Å²) in [7, 11) is 3.22. The van der Waals surface area contributed by atoms with E-state index in [0.717, 1.165) is 24.1 Å². The maximum absolute atomic E-state index is 12.7. The van der Waals surface area contributed by atoms with Gasteiger partial charge in [-0.25, -0.2) is 4.79 Å². The average Bonchev–Trinajstić information content (AvgIpc) is 3.19. The van der Waals surface area contributed by atoms with Gasteiger partial charge >= 0.3 is 5.97 Å². The topological polar surface area (TPSA) is 55.4 Å². The van der Waals surface area contributed by atoms with Gasteiger partial charge < -0.3 is 10.1 Å². The Kier molecular flexibility index (Phi) is 8.01. The molecule has 2 aromatic rings. The molecule has 2 atom stereocenters. The number of thiophene rings is 1. The highest BCUT2D eigenvalue weighted by atomic mass is 32.1. The third kappa shape index (κ3) is 5.51. The second kappa shape index (κ2) is 10.2. The van der Waals surface area contributed by atoms with Gasteiger partial charge in [0.05, 0.1) is 12.7 Å². The van der Waals surface area contributed by atoms with Gasteiger partial charge in [0.25, 0.3) is 0 Å². The number of aryl methyl sites for hydroxylation is 1. The molecule has 2 unspecified atom stereocenters. The number of carbonyl (C=O) groups excluding carboxylic acids is 2. The maximum atomic E-state index is 12.7. The highest BCUT2D eigenvalue weighted by Crippen LogP contribution is 2.25. The van der Waals surface area contributed by atoms with Crippen molar-refractivity contribution in [3.63, 3.8) is 0 Å². The van der Waals surface area contributed by atoms with Crippen LogP contribution in [-0.4, -0.2) is 25.9 Å². The summed E-state index contributed by atoms with van der Waals surface area (Å²) < 4.78 is 4.72. The van der Waals surface area contributed by atoms with Gasteiger partial charge in [0.2, 0.25) is 0 Å². The fraction of sp³-hybridized carbons (Fsp3) is 0.429. The molecule has 1 aromatic heterocycles. The van der Waals surface area contributed by atoms with E-state index in [1.807, 2.05) is 36.7 Å². The van der Waals surface area contributed by atoms with Gasteiger partial charge in [-0.15, -0.1) is 11.3 Å². The average molecular weight is 374 g/mol. The molecule has 0 aliphatic rings. The van der Waals surface area contributed by atoms with Crippen molar-refractivity contribution >= 4 is 23.1 Å². The number of benzene rings is 1. The number of Topliss-reactive ketones (excluding diaryl/α,β-unsaturated/α-hetero) is 1. The lowest BCUT2D eigenvalue weighted by Gasteiger charge is -2.18. The third-order valence-corrected chi connectivity index (χ3v) is 5.66. The van der Waals surface area contributed by atoms with Crippen LogP contribution in [-0.2, 0) is 16.0 Å². The van der Waals surface area contributed by atoms with E-state index in [0.29, 0.717) is 17.9 Å². The first-order valence-electron chi connectivity index (χ1n) is 8.99. The Bertz CT molecular complexity index is 695. The summed E-state index contributed by atoms with van der Waals surface area (Å²) in [4.78, 5) is 25.3. The quantitative estimate of drug-likeness (QED) is 0.627. The van der Waals surface area contributed by atoms with Crippen molar-refractivity contribution in [2.75, 3.05) is 14.2 Å². The number of rotatable bonds is 10. The summed E-state index contributed by atoms with van der Waals surface area (Å²) in [5.41, 5.74) is 1.73. The second-order valence-corrected chi connectivity index (χ2v) is 7.39. The zero-order valence-corrected chi connectivity index (χ0v) is 16.5. The monoisotopic (exact) mass is 373 g/mol. The van der Waals surface area contributed by atoms with Crippen LogP contribution in [0.5, 0.6) is 0 Å². The van der Waals surface area contributed by atoms with Crippen LogP contribution in [0.3, 0.4) is 0 Å². The number of methoxy groups -OCH3 is 1. The summed E-state index contributed by atoms with van der Waals surface area (Å²) in [6, 6.07) is 11.3. The Morgan fingerprint density at radius 3 is 2.46 bits per heavy atom. The first-order valence-corrected chi connectivity index (χ1v) is 9.87. The van der Waals surface area contributed by atoms with Crippen molar-refractivity contribution in [2.45, 2.75) is 38.6 Å². The van der Waals surface area contributed by atoms with E-state index in [-0.39, 0.29) is 17.8 Å². The normalized spacial score (nSPS) is 13.2. The molecule has 0 aliphatic heterocycles. The fourth-order valence-corrected chi connectivity index (χ4v) is 3.92. The molecule has 1 heterocycles. The minimum Gasteiger partial charge on any atom is -0.465 e. The van der Waals surface area contributed by atoms with Crippen molar-refractivity contribution < 1.29 is 14.3 Å². The smallest absolute Gasteiger partial charge is 0.337 e. The van der Waals surface area contributed by atoms with Crippen LogP contribution in [0.1, 0.15) is 53.0 Å². The standard InChI is InChI=1S/C21H27NO3S/c1-4-15(14-18(23)20(22-2)19-6-5-13-26-19)7-8-16-9-11-17(12-10-16)21(24)25-3/h5-6,9-13,15,20,22H,4,7-8,14H2,1-3H3. The predicted octanol–water partition coefficient (Wildman–Crippen LogP) is 4.41. The minimum atomic E-state index is -0.319. The van der Waals surface area contributed by atoms with E-state index < -0.39 is 0 Å². The summed E-state index contributed by atoms with van der Waals surface area (Å²) in [5, 5.41) is 5.15. The number of hydrogen-bond acceptors (Lipinski definition) is 5. The van der Waals surface area contributed by atoms with Gasteiger partial charge in [0.15, 0.2) is 5.78 Å². The summed E-state index contributed by atoms with van der Waals surface area (Å²) in [6.07, 6.45) is 3.42. The number of ether oxygens (including phenoxy) is 1. The Morgan fingerprint density at radius 1 is 1.19 bits per heavy atom. The first kappa shape index (κ1) is 20.3. The fourth-order valence-electron chi connectivity index (χ4n) is 3.07. The van der Waals surface area contributed by atoms with Crippen LogP contribution in [0.25, 0.3) is 0 Å². The number of hydrogen-bond donors (Lipinski definition) is 1. The molecule has 140 valence electrons. The minimum absolute atomic E-state index is 0.205. The molecule has 26 heavy (non-hydrogen) atoms. The number of ketones is 1. The molecule has 0 saturated heterocycles. The molecule has 5 heteroatoms. The largest absolute Gasteiger partial charge is 0.465 e. The molecular formula is C21H27NO3S. The number of likely N-dealkylation sites (N-methyl/N-ethyl adjacent to an activating group) is 1. The lowest BCUT2D eigenvalue weighted by molar-refractivity contribution is -0.122. The zero-order chi connectivity index (χ0) is 18.9.